The minimum absolute atomic E-state index is 0.0446. The lowest BCUT2D eigenvalue weighted by molar-refractivity contribution is -0.137. The minimum atomic E-state index is -4.34. The number of alkyl halides is 3. The molecule has 2 unspecified atom stereocenters. The van der Waals surface area contributed by atoms with E-state index in [1.807, 2.05) is 0 Å². The summed E-state index contributed by atoms with van der Waals surface area (Å²) in [6.45, 7) is 0. The van der Waals surface area contributed by atoms with Gasteiger partial charge in [0.05, 0.1) is 11.2 Å². The second-order valence-corrected chi connectivity index (χ2v) is 8.14. The van der Waals surface area contributed by atoms with Crippen molar-refractivity contribution < 1.29 is 22.5 Å². The first kappa shape index (κ1) is 15.0. The molecule has 0 aromatic heterocycles. The Kier molecular flexibility index (Phi) is 3.64. The maximum absolute atomic E-state index is 12.5. The molecule has 1 N–H and O–H groups in total. The van der Waals surface area contributed by atoms with Crippen molar-refractivity contribution in [3.8, 4) is 0 Å². The fraction of sp³-hybridized carbons (Fsp3) is 0.600. The lowest BCUT2D eigenvalue weighted by atomic mass is 9.86. The van der Waals surface area contributed by atoms with Crippen LogP contribution in [0.2, 0.25) is 0 Å². The predicted molar refractivity (Wildman–Crippen MR) is 74.3 cm³/mol. The van der Waals surface area contributed by atoms with Gasteiger partial charge in [0, 0.05) is 27.7 Å². The molecule has 2 nitrogen and oxygen atoms in total. The Labute approximate surface area is 123 Å². The van der Waals surface area contributed by atoms with Crippen LogP contribution in [0.5, 0.6) is 0 Å². The number of hydrogen-bond acceptors (Lipinski definition) is 2. The Morgan fingerprint density at radius 1 is 1.14 bits per heavy atom. The fourth-order valence-electron chi connectivity index (χ4n) is 3.51. The Morgan fingerprint density at radius 3 is 2.14 bits per heavy atom. The Morgan fingerprint density at radius 2 is 1.67 bits per heavy atom. The summed E-state index contributed by atoms with van der Waals surface area (Å²) in [6.07, 6.45) is -1.28. The Hall–Kier alpha value is -0.880. The molecule has 2 heterocycles. The van der Waals surface area contributed by atoms with Gasteiger partial charge in [0.15, 0.2) is 0 Å². The second kappa shape index (κ2) is 5.09. The summed E-state index contributed by atoms with van der Waals surface area (Å²) in [6, 6.07) is 4.95. The van der Waals surface area contributed by atoms with Crippen LogP contribution in [-0.2, 0) is 23.4 Å². The Balaban J connectivity index is 1.73. The first-order chi connectivity index (χ1) is 9.77. The molecule has 0 spiro atoms. The molecular weight excluding hydrogens is 301 g/mol. The fourth-order valence-corrected chi connectivity index (χ4v) is 5.74. The van der Waals surface area contributed by atoms with Crippen molar-refractivity contribution in [2.45, 2.75) is 54.4 Å². The standard InChI is InChI=1S/C15H17F3O2S/c16-15(17,18)11-3-1-10(2-4-11)7-14(19)8-12-5-6-13(9-14)21(12)20/h1-4,12-13,19H,5-9H2. The summed E-state index contributed by atoms with van der Waals surface area (Å²) < 4.78 is 49.5. The Bertz CT molecular complexity index is 537. The van der Waals surface area contributed by atoms with Crippen LogP contribution in [0.15, 0.2) is 24.3 Å². The molecule has 2 saturated heterocycles. The third-order valence-corrected chi connectivity index (χ3v) is 6.62. The molecule has 0 amide bonds. The first-order valence-corrected chi connectivity index (χ1v) is 8.32. The normalized spacial score (nSPS) is 35.9. The molecule has 2 atom stereocenters. The monoisotopic (exact) mass is 318 g/mol. The van der Waals surface area contributed by atoms with Gasteiger partial charge >= 0.3 is 6.18 Å². The van der Waals surface area contributed by atoms with Crippen LogP contribution in [0, 0.1) is 0 Å². The van der Waals surface area contributed by atoms with Gasteiger partial charge in [-0.1, -0.05) is 12.1 Å². The molecule has 6 heteroatoms. The molecule has 2 bridgehead atoms. The molecular formula is C15H17F3O2S. The summed E-state index contributed by atoms with van der Waals surface area (Å²) in [5.74, 6) is 0. The topological polar surface area (TPSA) is 37.3 Å². The van der Waals surface area contributed by atoms with Gasteiger partial charge in [-0.25, -0.2) is 0 Å². The zero-order valence-electron chi connectivity index (χ0n) is 11.4. The van der Waals surface area contributed by atoms with E-state index >= 15 is 0 Å². The third kappa shape index (κ3) is 3.01. The molecule has 2 aliphatic rings. The van der Waals surface area contributed by atoms with Gasteiger partial charge in [0.1, 0.15) is 0 Å². The van der Waals surface area contributed by atoms with Gasteiger partial charge in [-0.2, -0.15) is 13.2 Å². The number of aliphatic hydroxyl groups is 1. The SMILES string of the molecule is O=S1C2CCC1CC(O)(Cc1ccc(C(F)(F)F)cc1)C2. The van der Waals surface area contributed by atoms with E-state index in [9.17, 15) is 22.5 Å². The first-order valence-electron chi connectivity index (χ1n) is 7.05. The molecule has 116 valence electrons. The van der Waals surface area contributed by atoms with Crippen molar-refractivity contribution in [3.05, 3.63) is 35.4 Å². The van der Waals surface area contributed by atoms with Crippen molar-refractivity contribution in [1.82, 2.24) is 0 Å². The number of hydrogen-bond donors (Lipinski definition) is 1. The van der Waals surface area contributed by atoms with Crippen molar-refractivity contribution >= 4 is 10.8 Å². The van der Waals surface area contributed by atoms with Gasteiger partial charge in [-0.15, -0.1) is 0 Å². The highest BCUT2D eigenvalue weighted by molar-refractivity contribution is 7.86. The number of benzene rings is 1. The van der Waals surface area contributed by atoms with Gasteiger partial charge in [0.25, 0.3) is 0 Å². The van der Waals surface area contributed by atoms with E-state index in [0.717, 1.165) is 25.0 Å². The molecule has 2 aliphatic heterocycles. The molecule has 0 radical (unpaired) electrons. The van der Waals surface area contributed by atoms with E-state index < -0.39 is 28.1 Å². The highest BCUT2D eigenvalue weighted by atomic mass is 32.2. The second-order valence-electron chi connectivity index (χ2n) is 6.15. The van der Waals surface area contributed by atoms with Crippen molar-refractivity contribution in [1.29, 1.82) is 0 Å². The molecule has 2 fully saturated rings. The van der Waals surface area contributed by atoms with Gasteiger partial charge in [0.2, 0.25) is 0 Å². The maximum atomic E-state index is 12.5. The van der Waals surface area contributed by atoms with Crippen molar-refractivity contribution in [2.24, 2.45) is 0 Å². The smallest absolute Gasteiger partial charge is 0.389 e. The van der Waals surface area contributed by atoms with E-state index in [1.165, 1.54) is 12.1 Å². The highest BCUT2D eigenvalue weighted by Gasteiger charge is 2.47. The minimum Gasteiger partial charge on any atom is -0.389 e. The van der Waals surface area contributed by atoms with Crippen LogP contribution in [0.1, 0.15) is 36.8 Å². The summed E-state index contributed by atoms with van der Waals surface area (Å²) in [5, 5.41) is 10.8. The number of rotatable bonds is 2. The van der Waals surface area contributed by atoms with Crippen LogP contribution < -0.4 is 0 Å². The van der Waals surface area contributed by atoms with Gasteiger partial charge < -0.3 is 5.11 Å². The molecule has 1 aromatic rings. The van der Waals surface area contributed by atoms with E-state index in [4.69, 9.17) is 0 Å². The van der Waals surface area contributed by atoms with Crippen LogP contribution in [-0.4, -0.2) is 25.4 Å². The summed E-state index contributed by atoms with van der Waals surface area (Å²) in [5.41, 5.74) is -0.917. The summed E-state index contributed by atoms with van der Waals surface area (Å²) in [7, 11) is -0.847. The number of fused-ring (bicyclic) bond motifs is 2. The van der Waals surface area contributed by atoms with E-state index in [1.54, 1.807) is 0 Å². The van der Waals surface area contributed by atoms with Crippen LogP contribution in [0.4, 0.5) is 13.2 Å². The largest absolute Gasteiger partial charge is 0.416 e. The molecule has 0 aliphatic carbocycles. The third-order valence-electron chi connectivity index (χ3n) is 4.50. The van der Waals surface area contributed by atoms with Crippen molar-refractivity contribution in [2.75, 3.05) is 0 Å². The van der Waals surface area contributed by atoms with Gasteiger partial charge in [-0.3, -0.25) is 4.21 Å². The van der Waals surface area contributed by atoms with Crippen LogP contribution in [0.25, 0.3) is 0 Å². The van der Waals surface area contributed by atoms with Crippen LogP contribution in [0.3, 0.4) is 0 Å². The predicted octanol–water partition coefficient (Wildman–Crippen LogP) is 3.05. The van der Waals surface area contributed by atoms with Crippen molar-refractivity contribution in [3.63, 3.8) is 0 Å². The van der Waals surface area contributed by atoms with E-state index in [2.05, 4.69) is 0 Å². The molecule has 21 heavy (non-hydrogen) atoms. The highest BCUT2D eigenvalue weighted by Crippen LogP contribution is 2.42. The lowest BCUT2D eigenvalue weighted by Crippen LogP contribution is -2.44. The quantitative estimate of drug-likeness (QED) is 0.910. The molecule has 0 saturated carbocycles. The van der Waals surface area contributed by atoms with E-state index in [0.29, 0.717) is 24.8 Å². The zero-order valence-corrected chi connectivity index (χ0v) is 12.2. The summed E-state index contributed by atoms with van der Waals surface area (Å²) in [4.78, 5) is 0. The summed E-state index contributed by atoms with van der Waals surface area (Å²) >= 11 is 0. The van der Waals surface area contributed by atoms with Gasteiger partial charge in [-0.05, 0) is 43.4 Å². The van der Waals surface area contributed by atoms with E-state index in [-0.39, 0.29) is 10.5 Å². The maximum Gasteiger partial charge on any atom is 0.416 e. The zero-order chi connectivity index (χ0) is 15.3. The molecule has 1 aromatic carbocycles. The van der Waals surface area contributed by atoms with Crippen LogP contribution >= 0.6 is 0 Å². The lowest BCUT2D eigenvalue weighted by Gasteiger charge is -2.36. The molecule has 3 rings (SSSR count). The average Bonchev–Trinajstić information content (AvgIpc) is 2.61. The average molecular weight is 318 g/mol. The number of halogens is 3.